The molecule has 0 N–H and O–H groups in total. The van der Waals surface area contributed by atoms with Gasteiger partial charge in [-0.2, -0.15) is 0 Å². The molecule has 1 aliphatic heterocycles. The fraction of sp³-hybridized carbons (Fsp3) is 1.00. The van der Waals surface area contributed by atoms with Crippen LogP contribution in [0.2, 0.25) is 0 Å². The summed E-state index contributed by atoms with van der Waals surface area (Å²) in [6.45, 7) is 4.89. The van der Waals surface area contributed by atoms with Gasteiger partial charge in [0.2, 0.25) is 0 Å². The molecular formula is C6H13NSn. The quantitative estimate of drug-likeness (QED) is 0.573. The van der Waals surface area contributed by atoms with E-state index in [4.69, 9.17) is 0 Å². The third-order valence-corrected chi connectivity index (χ3v) is 3.98. The molecule has 46 valence electrons. The summed E-state index contributed by atoms with van der Waals surface area (Å²) in [5.41, 5.74) is 0. The number of hydrogen-bond donors (Lipinski definition) is 0. The van der Waals surface area contributed by atoms with Gasteiger partial charge >= 0.3 is 64.3 Å². The summed E-state index contributed by atoms with van der Waals surface area (Å²) in [4.78, 5) is 2.59. The Morgan fingerprint density at radius 3 is 2.75 bits per heavy atom. The van der Waals surface area contributed by atoms with Crippen molar-refractivity contribution in [2.45, 2.75) is 23.8 Å². The van der Waals surface area contributed by atoms with Gasteiger partial charge in [0, 0.05) is 0 Å². The molecule has 1 heterocycles. The fourth-order valence-corrected chi connectivity index (χ4v) is 2.94. The number of likely N-dealkylation sites (tertiary alicyclic amines) is 1. The Labute approximate surface area is 64.5 Å². The topological polar surface area (TPSA) is 3.24 Å². The Hall–Kier alpha value is 0.759. The predicted octanol–water partition coefficient (Wildman–Crippen LogP) is 0.329. The molecule has 0 amide bonds. The second-order valence-corrected chi connectivity index (χ2v) is 4.53. The minimum atomic E-state index is 0.991. The first-order valence-corrected chi connectivity index (χ1v) is 5.24. The van der Waals surface area contributed by atoms with Crippen LogP contribution in [0.4, 0.5) is 0 Å². The molecule has 1 atom stereocenters. The first-order valence-electron chi connectivity index (χ1n) is 3.34. The average molecular weight is 218 g/mol. The molecule has 0 aliphatic carbocycles. The first-order chi connectivity index (χ1) is 3.84. The van der Waals surface area contributed by atoms with Crippen LogP contribution in [0.15, 0.2) is 0 Å². The van der Waals surface area contributed by atoms with Crippen LogP contribution in [0.25, 0.3) is 0 Å². The molecule has 0 bridgehead atoms. The fourth-order valence-electron chi connectivity index (χ4n) is 1.24. The van der Waals surface area contributed by atoms with E-state index >= 15 is 0 Å². The number of nitrogens with zero attached hydrogens (tertiary/aromatic N) is 1. The Morgan fingerprint density at radius 2 is 2.50 bits per heavy atom. The zero-order valence-corrected chi connectivity index (χ0v) is 8.73. The van der Waals surface area contributed by atoms with E-state index in [0.29, 0.717) is 0 Å². The maximum absolute atomic E-state index is 2.59. The van der Waals surface area contributed by atoms with Crippen molar-refractivity contribution < 1.29 is 0 Å². The SMILES string of the molecule is CCN1CCC[CH]1[SnH]. The van der Waals surface area contributed by atoms with Gasteiger partial charge in [0.25, 0.3) is 0 Å². The predicted molar refractivity (Wildman–Crippen MR) is 37.4 cm³/mol. The van der Waals surface area contributed by atoms with Gasteiger partial charge in [0.1, 0.15) is 0 Å². The van der Waals surface area contributed by atoms with Gasteiger partial charge in [-0.1, -0.05) is 0 Å². The van der Waals surface area contributed by atoms with Crippen molar-refractivity contribution in [3.05, 3.63) is 0 Å². The Bertz CT molecular complexity index is 74.9. The third kappa shape index (κ3) is 1.38. The van der Waals surface area contributed by atoms with Gasteiger partial charge < -0.3 is 0 Å². The first kappa shape index (κ1) is 6.87. The van der Waals surface area contributed by atoms with Gasteiger partial charge in [-0.3, -0.25) is 0 Å². The Balaban J connectivity index is 2.30. The molecule has 1 fully saturated rings. The summed E-state index contributed by atoms with van der Waals surface area (Å²) in [7, 11) is 0. The molecule has 1 saturated heterocycles. The summed E-state index contributed by atoms with van der Waals surface area (Å²) in [5, 5.41) is 0. The van der Waals surface area contributed by atoms with E-state index < -0.39 is 0 Å². The molecular weight excluding hydrogens is 205 g/mol. The summed E-state index contributed by atoms with van der Waals surface area (Å²) < 4.78 is 0.991. The number of rotatable bonds is 1. The summed E-state index contributed by atoms with van der Waals surface area (Å²) in [6, 6.07) is 0. The second-order valence-electron chi connectivity index (χ2n) is 2.34. The van der Waals surface area contributed by atoms with Crippen LogP contribution in [0.5, 0.6) is 0 Å². The molecule has 8 heavy (non-hydrogen) atoms. The maximum atomic E-state index is 2.59. The van der Waals surface area contributed by atoms with E-state index in [9.17, 15) is 0 Å². The third-order valence-electron chi connectivity index (χ3n) is 1.82. The molecule has 0 aromatic rings. The van der Waals surface area contributed by atoms with Crippen molar-refractivity contribution in [3.63, 3.8) is 0 Å². The van der Waals surface area contributed by atoms with Crippen molar-refractivity contribution in [1.29, 1.82) is 0 Å². The van der Waals surface area contributed by atoms with E-state index in [2.05, 4.69) is 11.8 Å². The normalized spacial score (nSPS) is 31.5. The molecule has 1 rings (SSSR count). The summed E-state index contributed by atoms with van der Waals surface area (Å²) in [6.07, 6.45) is 2.91. The van der Waals surface area contributed by atoms with Gasteiger partial charge in [-0.25, -0.2) is 0 Å². The van der Waals surface area contributed by atoms with E-state index in [1.807, 2.05) is 0 Å². The van der Waals surface area contributed by atoms with Gasteiger partial charge in [0.15, 0.2) is 0 Å². The monoisotopic (exact) mass is 219 g/mol. The molecule has 0 saturated carbocycles. The zero-order valence-electron chi connectivity index (χ0n) is 5.43. The van der Waals surface area contributed by atoms with Crippen LogP contribution in [0.3, 0.4) is 0 Å². The summed E-state index contributed by atoms with van der Waals surface area (Å²) in [5.74, 6) is 0. The standard InChI is InChI=1S/C6H12N.Sn.H/c1-2-7-5-3-4-6-7;;/h5H,2-4,6H2,1H3;;. The van der Waals surface area contributed by atoms with E-state index in [1.165, 1.54) is 48.5 Å². The molecule has 0 aromatic carbocycles. The van der Waals surface area contributed by atoms with Crippen molar-refractivity contribution >= 4 is 22.5 Å². The molecule has 1 nitrogen and oxygen atoms in total. The van der Waals surface area contributed by atoms with E-state index in [-0.39, 0.29) is 0 Å². The van der Waals surface area contributed by atoms with E-state index in [1.54, 1.807) is 0 Å². The van der Waals surface area contributed by atoms with Gasteiger partial charge in [-0.05, 0) is 0 Å². The van der Waals surface area contributed by atoms with Crippen LogP contribution in [0, 0.1) is 0 Å². The molecule has 1 aliphatic rings. The molecule has 1 unspecified atom stereocenters. The van der Waals surface area contributed by atoms with Crippen LogP contribution in [-0.4, -0.2) is 44.6 Å². The van der Waals surface area contributed by atoms with Gasteiger partial charge in [-0.15, -0.1) is 0 Å². The van der Waals surface area contributed by atoms with Crippen LogP contribution >= 0.6 is 0 Å². The average Bonchev–Trinajstić information content (AvgIpc) is 2.14. The van der Waals surface area contributed by atoms with Gasteiger partial charge in [0.05, 0.1) is 0 Å². The van der Waals surface area contributed by atoms with Crippen LogP contribution < -0.4 is 0 Å². The Morgan fingerprint density at radius 1 is 1.75 bits per heavy atom. The molecule has 0 aromatic heterocycles. The summed E-state index contributed by atoms with van der Waals surface area (Å²) >= 11 is 1.43. The number of hydrogen-bond acceptors (Lipinski definition) is 1. The molecule has 2 radical (unpaired) electrons. The van der Waals surface area contributed by atoms with Crippen molar-refractivity contribution in [2.24, 2.45) is 0 Å². The molecule has 0 spiro atoms. The minimum absolute atomic E-state index is 0.991. The van der Waals surface area contributed by atoms with Crippen molar-refractivity contribution in [1.82, 2.24) is 4.90 Å². The molecule has 2 heteroatoms. The zero-order chi connectivity index (χ0) is 5.98. The van der Waals surface area contributed by atoms with Crippen LogP contribution in [-0.2, 0) is 0 Å². The van der Waals surface area contributed by atoms with Crippen molar-refractivity contribution in [2.75, 3.05) is 13.1 Å². The second kappa shape index (κ2) is 3.06. The Kier molecular flexibility index (Phi) is 2.63. The van der Waals surface area contributed by atoms with Crippen molar-refractivity contribution in [3.8, 4) is 0 Å². The van der Waals surface area contributed by atoms with E-state index in [0.717, 1.165) is 4.06 Å². The van der Waals surface area contributed by atoms with Crippen LogP contribution in [0.1, 0.15) is 19.8 Å².